The van der Waals surface area contributed by atoms with E-state index >= 15 is 0 Å². The summed E-state index contributed by atoms with van der Waals surface area (Å²) >= 11 is 1.33. The van der Waals surface area contributed by atoms with E-state index in [0.717, 1.165) is 23.2 Å². The highest BCUT2D eigenvalue weighted by Crippen LogP contribution is 2.26. The van der Waals surface area contributed by atoms with Crippen molar-refractivity contribution in [3.8, 4) is 0 Å². The summed E-state index contributed by atoms with van der Waals surface area (Å²) in [5.74, 6) is -2.51. The number of piperidine rings is 1. The maximum atomic E-state index is 13.9. The van der Waals surface area contributed by atoms with Crippen LogP contribution in [0.15, 0.2) is 18.2 Å². The number of hydrogen-bond acceptors (Lipinski definition) is 4. The predicted molar refractivity (Wildman–Crippen MR) is 90.9 cm³/mol. The molecule has 0 aliphatic carbocycles. The van der Waals surface area contributed by atoms with Gasteiger partial charge in [-0.25, -0.2) is 13.8 Å². The second-order valence-electron chi connectivity index (χ2n) is 6.23. The molecule has 0 bridgehead atoms. The molecular formula is C18H18F2N2O2S. The Morgan fingerprint density at radius 2 is 2.04 bits per heavy atom. The van der Waals surface area contributed by atoms with Crippen molar-refractivity contribution in [2.75, 3.05) is 13.1 Å². The molecule has 2 heterocycles. The summed E-state index contributed by atoms with van der Waals surface area (Å²) in [5.41, 5.74) is 0.432. The molecule has 0 unspecified atom stereocenters. The topological polar surface area (TPSA) is 50.3 Å². The zero-order valence-corrected chi connectivity index (χ0v) is 14.8. The molecule has 3 rings (SSSR count). The van der Waals surface area contributed by atoms with Crippen molar-refractivity contribution in [1.82, 2.24) is 9.88 Å². The number of amides is 1. The number of benzene rings is 1. The van der Waals surface area contributed by atoms with Crippen molar-refractivity contribution in [2.24, 2.45) is 5.92 Å². The predicted octanol–water partition coefficient (Wildman–Crippen LogP) is 3.77. The second kappa shape index (κ2) is 7.00. The lowest BCUT2D eigenvalue weighted by molar-refractivity contribution is 0.0639. The Balaban J connectivity index is 1.79. The lowest BCUT2D eigenvalue weighted by Gasteiger charge is -2.32. The van der Waals surface area contributed by atoms with Gasteiger partial charge in [-0.1, -0.05) is 0 Å². The summed E-state index contributed by atoms with van der Waals surface area (Å²) < 4.78 is 27.2. The third-order valence-corrected chi connectivity index (χ3v) is 5.43. The molecule has 0 saturated carbocycles. The number of hydrogen-bond donors (Lipinski definition) is 0. The summed E-state index contributed by atoms with van der Waals surface area (Å²) in [5, 5.41) is 0.812. The number of halogens is 2. The first-order chi connectivity index (χ1) is 11.9. The van der Waals surface area contributed by atoms with Crippen LogP contribution in [0.1, 0.15) is 43.6 Å². The van der Waals surface area contributed by atoms with Gasteiger partial charge in [0, 0.05) is 19.0 Å². The molecule has 25 heavy (non-hydrogen) atoms. The number of thiazole rings is 1. The molecular weight excluding hydrogens is 346 g/mol. The molecule has 1 fully saturated rings. The SMILES string of the molecule is Cc1nc(C)c(C(=O)N2CCC[C@H](C(=O)c3cc(F)ccc3F)C2)s1. The fourth-order valence-corrected chi connectivity index (χ4v) is 4.04. The number of carbonyl (C=O) groups is 2. The summed E-state index contributed by atoms with van der Waals surface area (Å²) in [6, 6.07) is 2.87. The fraction of sp³-hybridized carbons (Fsp3) is 0.389. The number of carbonyl (C=O) groups excluding carboxylic acids is 2. The molecule has 2 aromatic rings. The standard InChI is InChI=1S/C18H18F2N2O2S/c1-10-17(25-11(2)21-10)18(24)22-7-3-4-12(9-22)16(23)14-8-13(19)5-6-15(14)20/h5-6,8,12H,3-4,7,9H2,1-2H3/t12-/m0/s1. The minimum Gasteiger partial charge on any atom is -0.337 e. The Morgan fingerprint density at radius 1 is 1.28 bits per heavy atom. The molecule has 1 aromatic carbocycles. The molecule has 132 valence electrons. The van der Waals surface area contributed by atoms with Crippen LogP contribution >= 0.6 is 11.3 Å². The van der Waals surface area contributed by atoms with Crippen molar-refractivity contribution in [3.63, 3.8) is 0 Å². The highest BCUT2D eigenvalue weighted by atomic mass is 32.1. The Kier molecular flexibility index (Phi) is 4.94. The Bertz CT molecular complexity index is 834. The van der Waals surface area contributed by atoms with Crippen LogP contribution in [0.2, 0.25) is 0 Å². The molecule has 7 heteroatoms. The van der Waals surface area contributed by atoms with Gasteiger partial charge in [0.2, 0.25) is 0 Å². The normalized spacial score (nSPS) is 17.6. The number of likely N-dealkylation sites (tertiary alicyclic amines) is 1. The van der Waals surface area contributed by atoms with Crippen LogP contribution in [0.5, 0.6) is 0 Å². The van der Waals surface area contributed by atoms with Crippen LogP contribution in [-0.2, 0) is 0 Å². The van der Waals surface area contributed by atoms with Crippen LogP contribution in [0.3, 0.4) is 0 Å². The highest BCUT2D eigenvalue weighted by molar-refractivity contribution is 7.13. The third-order valence-electron chi connectivity index (χ3n) is 4.37. The molecule has 1 aromatic heterocycles. The zero-order valence-electron chi connectivity index (χ0n) is 14.0. The summed E-state index contributed by atoms with van der Waals surface area (Å²) in [4.78, 5) is 31.8. The van der Waals surface area contributed by atoms with E-state index < -0.39 is 23.3 Å². The average Bonchev–Trinajstić information content (AvgIpc) is 2.94. The molecule has 0 N–H and O–H groups in total. The number of aryl methyl sites for hydroxylation is 2. The fourth-order valence-electron chi connectivity index (χ4n) is 3.16. The Hall–Kier alpha value is -2.15. The summed E-state index contributed by atoms with van der Waals surface area (Å²) in [6.07, 6.45) is 1.20. The van der Waals surface area contributed by atoms with Crippen molar-refractivity contribution in [2.45, 2.75) is 26.7 Å². The molecule has 1 atom stereocenters. The van der Waals surface area contributed by atoms with Gasteiger partial charge in [-0.2, -0.15) is 0 Å². The van der Waals surface area contributed by atoms with E-state index in [0.29, 0.717) is 30.0 Å². The zero-order chi connectivity index (χ0) is 18.1. The minimum absolute atomic E-state index is 0.152. The molecule has 1 saturated heterocycles. The number of Topliss-reactive ketones (excluding diaryl/α,β-unsaturated/α-hetero) is 1. The van der Waals surface area contributed by atoms with Gasteiger partial charge in [-0.3, -0.25) is 9.59 Å². The highest BCUT2D eigenvalue weighted by Gasteiger charge is 2.32. The van der Waals surface area contributed by atoms with Gasteiger partial charge >= 0.3 is 0 Å². The van der Waals surface area contributed by atoms with E-state index in [1.54, 1.807) is 11.8 Å². The van der Waals surface area contributed by atoms with Gasteiger partial charge in [0.25, 0.3) is 5.91 Å². The number of ketones is 1. The number of aromatic nitrogens is 1. The van der Waals surface area contributed by atoms with Crippen molar-refractivity contribution >= 4 is 23.0 Å². The van der Waals surface area contributed by atoms with Crippen LogP contribution in [0.4, 0.5) is 8.78 Å². The Labute approximate surface area is 148 Å². The first kappa shape index (κ1) is 17.7. The van der Waals surface area contributed by atoms with Crippen LogP contribution in [0.25, 0.3) is 0 Å². The smallest absolute Gasteiger partial charge is 0.265 e. The summed E-state index contributed by atoms with van der Waals surface area (Å²) in [7, 11) is 0. The van der Waals surface area contributed by atoms with Gasteiger partial charge in [0.15, 0.2) is 5.78 Å². The molecule has 0 radical (unpaired) electrons. The average molecular weight is 364 g/mol. The van der Waals surface area contributed by atoms with E-state index in [-0.39, 0.29) is 18.0 Å². The van der Waals surface area contributed by atoms with Gasteiger partial charge in [0.05, 0.1) is 16.3 Å². The van der Waals surface area contributed by atoms with E-state index in [4.69, 9.17) is 0 Å². The quantitative estimate of drug-likeness (QED) is 0.779. The van der Waals surface area contributed by atoms with E-state index in [9.17, 15) is 18.4 Å². The molecule has 4 nitrogen and oxygen atoms in total. The van der Waals surface area contributed by atoms with Crippen molar-refractivity contribution < 1.29 is 18.4 Å². The van der Waals surface area contributed by atoms with E-state index in [2.05, 4.69) is 4.98 Å². The number of rotatable bonds is 3. The first-order valence-electron chi connectivity index (χ1n) is 8.09. The van der Waals surface area contributed by atoms with Crippen molar-refractivity contribution in [3.05, 3.63) is 51.0 Å². The molecule has 1 amide bonds. The van der Waals surface area contributed by atoms with Gasteiger partial charge < -0.3 is 4.90 Å². The van der Waals surface area contributed by atoms with Gasteiger partial charge in [0.1, 0.15) is 16.5 Å². The van der Waals surface area contributed by atoms with E-state index in [1.807, 2.05) is 6.92 Å². The van der Waals surface area contributed by atoms with Crippen LogP contribution in [-0.4, -0.2) is 34.7 Å². The minimum atomic E-state index is -0.733. The van der Waals surface area contributed by atoms with Crippen molar-refractivity contribution in [1.29, 1.82) is 0 Å². The lowest BCUT2D eigenvalue weighted by atomic mass is 9.89. The first-order valence-corrected chi connectivity index (χ1v) is 8.91. The maximum absolute atomic E-state index is 13.9. The third kappa shape index (κ3) is 3.61. The lowest BCUT2D eigenvalue weighted by Crippen LogP contribution is -2.42. The largest absolute Gasteiger partial charge is 0.337 e. The van der Waals surface area contributed by atoms with Gasteiger partial charge in [-0.05, 0) is 44.9 Å². The van der Waals surface area contributed by atoms with Gasteiger partial charge in [-0.15, -0.1) is 11.3 Å². The molecule has 1 aliphatic heterocycles. The Morgan fingerprint density at radius 3 is 2.72 bits per heavy atom. The summed E-state index contributed by atoms with van der Waals surface area (Å²) in [6.45, 7) is 4.38. The molecule has 1 aliphatic rings. The maximum Gasteiger partial charge on any atom is 0.265 e. The molecule has 0 spiro atoms. The van der Waals surface area contributed by atoms with Crippen LogP contribution in [0, 0.1) is 31.4 Å². The second-order valence-corrected chi connectivity index (χ2v) is 7.43. The van der Waals surface area contributed by atoms with Crippen LogP contribution < -0.4 is 0 Å². The van der Waals surface area contributed by atoms with E-state index in [1.165, 1.54) is 11.3 Å². The monoisotopic (exact) mass is 364 g/mol. The number of nitrogens with zero attached hydrogens (tertiary/aromatic N) is 2.